The highest BCUT2D eigenvalue weighted by Gasteiger charge is 2.16. The van der Waals surface area contributed by atoms with Crippen molar-refractivity contribution in [1.82, 2.24) is 0 Å². The summed E-state index contributed by atoms with van der Waals surface area (Å²) in [6.45, 7) is 3.99. The van der Waals surface area contributed by atoms with Gasteiger partial charge < -0.3 is 10.6 Å². The van der Waals surface area contributed by atoms with E-state index in [1.165, 1.54) is 0 Å². The first-order chi connectivity index (χ1) is 8.51. The van der Waals surface area contributed by atoms with Crippen LogP contribution in [0.25, 0.3) is 0 Å². The predicted molar refractivity (Wildman–Crippen MR) is 79.9 cm³/mol. The molecule has 1 unspecified atom stereocenters. The Bertz CT molecular complexity index is 382. The highest BCUT2D eigenvalue weighted by Crippen LogP contribution is 2.25. The molecule has 0 aliphatic rings. The fraction of sp³-hybridized carbons (Fsp3) is 0.571. The van der Waals surface area contributed by atoms with Gasteiger partial charge in [-0.15, -0.1) is 0 Å². The smallest absolute Gasteiger partial charge is 0.146 e. The summed E-state index contributed by atoms with van der Waals surface area (Å²) < 4.78 is 14.1. The van der Waals surface area contributed by atoms with Crippen LogP contribution >= 0.6 is 11.8 Å². The largest absolute Gasteiger partial charge is 0.368 e. The number of benzene rings is 1. The van der Waals surface area contributed by atoms with E-state index in [1.54, 1.807) is 17.8 Å². The lowest BCUT2D eigenvalue weighted by Crippen LogP contribution is -2.33. The molecule has 0 radical (unpaired) electrons. The molecule has 0 spiro atoms. The number of nitrogens with two attached hydrogens (primary N) is 1. The van der Waals surface area contributed by atoms with Crippen LogP contribution in [0, 0.1) is 5.82 Å². The molecule has 0 saturated carbocycles. The number of rotatable bonds is 6. The average molecular weight is 270 g/mol. The molecule has 18 heavy (non-hydrogen) atoms. The standard InChI is InChI=1S/C14H23FN2S/c1-5-12(9-18-4)17(3)14-7-6-11(10(2)16)8-13(14)15/h6-8,10,12H,5,9,16H2,1-4H3/t10-,12?/m0/s1. The van der Waals surface area contributed by atoms with E-state index in [9.17, 15) is 4.39 Å². The summed E-state index contributed by atoms with van der Waals surface area (Å²) in [6, 6.07) is 5.51. The zero-order chi connectivity index (χ0) is 13.7. The van der Waals surface area contributed by atoms with Gasteiger partial charge in [-0.05, 0) is 37.3 Å². The third-order valence-electron chi connectivity index (χ3n) is 3.26. The molecule has 2 N–H and O–H groups in total. The second-order valence-electron chi connectivity index (χ2n) is 4.63. The maximum atomic E-state index is 14.1. The monoisotopic (exact) mass is 270 g/mol. The van der Waals surface area contributed by atoms with Gasteiger partial charge in [0.25, 0.3) is 0 Å². The molecule has 1 aromatic carbocycles. The van der Waals surface area contributed by atoms with Gasteiger partial charge in [0.05, 0.1) is 5.69 Å². The Kier molecular flexibility index (Phi) is 5.96. The summed E-state index contributed by atoms with van der Waals surface area (Å²) in [7, 11) is 1.95. The van der Waals surface area contributed by atoms with Crippen LogP contribution in [-0.4, -0.2) is 25.1 Å². The van der Waals surface area contributed by atoms with Crippen LogP contribution in [0.1, 0.15) is 31.9 Å². The van der Waals surface area contributed by atoms with Crippen LogP contribution in [0.2, 0.25) is 0 Å². The lowest BCUT2D eigenvalue weighted by atomic mass is 10.1. The molecular formula is C14H23FN2S. The van der Waals surface area contributed by atoms with Crippen molar-refractivity contribution in [2.24, 2.45) is 5.73 Å². The number of hydrogen-bond donors (Lipinski definition) is 1. The van der Waals surface area contributed by atoms with Crippen molar-refractivity contribution in [3.8, 4) is 0 Å². The van der Waals surface area contributed by atoms with Gasteiger partial charge in [0.2, 0.25) is 0 Å². The van der Waals surface area contributed by atoms with E-state index in [1.807, 2.05) is 31.0 Å². The van der Waals surface area contributed by atoms with Gasteiger partial charge in [-0.25, -0.2) is 4.39 Å². The average Bonchev–Trinajstić information content (AvgIpc) is 2.34. The fourth-order valence-electron chi connectivity index (χ4n) is 1.99. The molecule has 0 heterocycles. The predicted octanol–water partition coefficient (Wildman–Crippen LogP) is 3.42. The Morgan fingerprint density at radius 2 is 2.11 bits per heavy atom. The minimum absolute atomic E-state index is 0.132. The normalized spacial score (nSPS) is 14.3. The van der Waals surface area contributed by atoms with Crippen LogP contribution in [0.4, 0.5) is 10.1 Å². The van der Waals surface area contributed by atoms with E-state index < -0.39 is 0 Å². The molecule has 1 aromatic rings. The molecular weight excluding hydrogens is 247 g/mol. The third kappa shape index (κ3) is 3.62. The summed E-state index contributed by atoms with van der Waals surface area (Å²) in [6.07, 6.45) is 3.08. The van der Waals surface area contributed by atoms with Crippen molar-refractivity contribution in [3.63, 3.8) is 0 Å². The number of nitrogens with zero attached hydrogens (tertiary/aromatic N) is 1. The minimum atomic E-state index is -0.188. The number of hydrogen-bond acceptors (Lipinski definition) is 3. The first-order valence-corrected chi connectivity index (χ1v) is 7.67. The van der Waals surface area contributed by atoms with Gasteiger partial charge in [0, 0.05) is 24.9 Å². The third-order valence-corrected chi connectivity index (χ3v) is 3.97. The Morgan fingerprint density at radius 1 is 1.44 bits per heavy atom. The topological polar surface area (TPSA) is 29.3 Å². The summed E-state index contributed by atoms with van der Waals surface area (Å²) >= 11 is 1.79. The van der Waals surface area contributed by atoms with Gasteiger partial charge in [0.1, 0.15) is 5.82 Å². The molecule has 4 heteroatoms. The second kappa shape index (κ2) is 7.00. The highest BCUT2D eigenvalue weighted by atomic mass is 32.2. The van der Waals surface area contributed by atoms with Crippen molar-refractivity contribution < 1.29 is 4.39 Å². The lowest BCUT2D eigenvalue weighted by Gasteiger charge is -2.29. The number of anilines is 1. The molecule has 0 bridgehead atoms. The van der Waals surface area contributed by atoms with E-state index >= 15 is 0 Å². The summed E-state index contributed by atoms with van der Waals surface area (Å²) in [4.78, 5) is 2.02. The van der Waals surface area contributed by atoms with Crippen molar-refractivity contribution in [2.45, 2.75) is 32.4 Å². The first kappa shape index (κ1) is 15.3. The van der Waals surface area contributed by atoms with Crippen LogP contribution in [-0.2, 0) is 0 Å². The van der Waals surface area contributed by atoms with Crippen molar-refractivity contribution in [3.05, 3.63) is 29.6 Å². The first-order valence-electron chi connectivity index (χ1n) is 6.28. The van der Waals surface area contributed by atoms with Crippen LogP contribution in [0.3, 0.4) is 0 Å². The summed E-state index contributed by atoms with van der Waals surface area (Å²) in [5, 5.41) is 0. The van der Waals surface area contributed by atoms with Crippen LogP contribution in [0.5, 0.6) is 0 Å². The molecule has 0 fully saturated rings. The van der Waals surface area contributed by atoms with Crippen LogP contribution in [0.15, 0.2) is 18.2 Å². The lowest BCUT2D eigenvalue weighted by molar-refractivity contribution is 0.598. The maximum Gasteiger partial charge on any atom is 0.146 e. The molecule has 0 amide bonds. The maximum absolute atomic E-state index is 14.1. The SMILES string of the molecule is CCC(CSC)N(C)c1ccc([C@H](C)N)cc1F. The van der Waals surface area contributed by atoms with E-state index in [-0.39, 0.29) is 11.9 Å². The van der Waals surface area contributed by atoms with E-state index in [0.717, 1.165) is 17.7 Å². The molecule has 0 saturated heterocycles. The number of halogens is 1. The molecule has 2 atom stereocenters. The van der Waals surface area contributed by atoms with Gasteiger partial charge in [-0.1, -0.05) is 13.0 Å². The van der Waals surface area contributed by atoms with Crippen molar-refractivity contribution in [2.75, 3.05) is 24.0 Å². The summed E-state index contributed by atoms with van der Waals surface area (Å²) in [5.41, 5.74) is 7.25. The van der Waals surface area contributed by atoms with Gasteiger partial charge in [0.15, 0.2) is 0 Å². The molecule has 2 nitrogen and oxygen atoms in total. The van der Waals surface area contributed by atoms with Crippen molar-refractivity contribution in [1.29, 1.82) is 0 Å². The van der Waals surface area contributed by atoms with Crippen molar-refractivity contribution >= 4 is 17.4 Å². The summed E-state index contributed by atoms with van der Waals surface area (Å²) in [5.74, 6) is 0.813. The van der Waals surface area contributed by atoms with E-state index in [0.29, 0.717) is 11.7 Å². The van der Waals surface area contributed by atoms with Gasteiger partial charge in [-0.2, -0.15) is 11.8 Å². The molecule has 0 aliphatic heterocycles. The van der Waals surface area contributed by atoms with Gasteiger partial charge >= 0.3 is 0 Å². The van der Waals surface area contributed by atoms with Crippen LogP contribution < -0.4 is 10.6 Å². The number of thioether (sulfide) groups is 1. The van der Waals surface area contributed by atoms with E-state index in [2.05, 4.69) is 13.2 Å². The Labute approximate surface area is 114 Å². The Hall–Kier alpha value is -0.740. The highest BCUT2D eigenvalue weighted by molar-refractivity contribution is 7.98. The minimum Gasteiger partial charge on any atom is -0.368 e. The molecule has 102 valence electrons. The Morgan fingerprint density at radius 3 is 2.56 bits per heavy atom. The zero-order valence-electron chi connectivity index (χ0n) is 11.6. The quantitative estimate of drug-likeness (QED) is 0.859. The fourth-order valence-corrected chi connectivity index (χ4v) is 2.83. The van der Waals surface area contributed by atoms with Gasteiger partial charge in [-0.3, -0.25) is 0 Å². The van der Waals surface area contributed by atoms with E-state index in [4.69, 9.17) is 5.73 Å². The molecule has 0 aromatic heterocycles. The second-order valence-corrected chi connectivity index (χ2v) is 5.54. The Balaban J connectivity index is 2.95. The zero-order valence-corrected chi connectivity index (χ0v) is 12.4. The molecule has 0 aliphatic carbocycles. The molecule has 1 rings (SSSR count).